The molecular weight excluding hydrogens is 339 g/mol. The van der Waals surface area contributed by atoms with Gasteiger partial charge in [0.05, 0.1) is 12.8 Å². The van der Waals surface area contributed by atoms with Crippen molar-refractivity contribution in [1.82, 2.24) is 9.38 Å². The molecule has 0 fully saturated rings. The molecule has 0 amide bonds. The summed E-state index contributed by atoms with van der Waals surface area (Å²) in [5.74, 6) is 0.858. The molecule has 0 aliphatic carbocycles. The number of imidazole rings is 1. The summed E-state index contributed by atoms with van der Waals surface area (Å²) in [5, 5.41) is 0. The Bertz CT molecular complexity index is 689. The first-order chi connectivity index (χ1) is 8.76. The van der Waals surface area contributed by atoms with Crippen LogP contribution in [0.2, 0.25) is 0 Å². The highest BCUT2D eigenvalue weighted by Crippen LogP contribution is 2.22. The van der Waals surface area contributed by atoms with Gasteiger partial charge in [0.15, 0.2) is 0 Å². The van der Waals surface area contributed by atoms with Gasteiger partial charge >= 0.3 is 0 Å². The van der Waals surface area contributed by atoms with Crippen LogP contribution >= 0.6 is 22.6 Å². The number of rotatable bonds is 2. The van der Waals surface area contributed by atoms with Gasteiger partial charge in [-0.1, -0.05) is 0 Å². The van der Waals surface area contributed by atoms with Crippen LogP contribution in [0, 0.1) is 3.57 Å². The van der Waals surface area contributed by atoms with Crippen molar-refractivity contribution in [3.8, 4) is 17.0 Å². The van der Waals surface area contributed by atoms with Crippen molar-refractivity contribution in [3.63, 3.8) is 0 Å². The summed E-state index contributed by atoms with van der Waals surface area (Å²) in [6.45, 7) is 0. The average molecular weight is 350 g/mol. The van der Waals surface area contributed by atoms with E-state index in [9.17, 15) is 0 Å². The van der Waals surface area contributed by atoms with Gasteiger partial charge in [0.25, 0.3) is 0 Å². The average Bonchev–Trinajstić information content (AvgIpc) is 2.81. The lowest BCUT2D eigenvalue weighted by Gasteiger charge is -1.99. The number of fused-ring (bicyclic) bond motifs is 1. The summed E-state index contributed by atoms with van der Waals surface area (Å²) in [4.78, 5) is 4.60. The molecule has 0 N–H and O–H groups in total. The molecule has 0 aliphatic rings. The smallest absolute Gasteiger partial charge is 0.137 e. The number of hydrogen-bond acceptors (Lipinski definition) is 2. The molecule has 0 saturated heterocycles. The number of methoxy groups -OCH3 is 1. The van der Waals surface area contributed by atoms with E-state index in [1.807, 2.05) is 40.9 Å². The molecule has 18 heavy (non-hydrogen) atoms. The van der Waals surface area contributed by atoms with Gasteiger partial charge < -0.3 is 9.14 Å². The quantitative estimate of drug-likeness (QED) is 0.660. The first-order valence-electron chi connectivity index (χ1n) is 5.55. The Balaban J connectivity index is 2.07. The number of benzene rings is 1. The monoisotopic (exact) mass is 350 g/mol. The van der Waals surface area contributed by atoms with Crippen LogP contribution in [0.1, 0.15) is 0 Å². The van der Waals surface area contributed by atoms with Crippen LogP contribution in [0.15, 0.2) is 48.8 Å². The lowest BCUT2D eigenvalue weighted by Crippen LogP contribution is -1.82. The molecule has 3 rings (SSSR count). The standard InChI is InChI=1S/C14H11IN2O/c1-18-12-5-2-10(3-6-12)13-9-17-8-11(15)4-7-14(17)16-13/h2-9H,1H3. The van der Waals surface area contributed by atoms with Crippen LogP contribution in [0.5, 0.6) is 5.75 Å². The van der Waals surface area contributed by atoms with Gasteiger partial charge in [-0.25, -0.2) is 4.98 Å². The molecule has 1 aromatic carbocycles. The predicted octanol–water partition coefficient (Wildman–Crippen LogP) is 3.61. The van der Waals surface area contributed by atoms with E-state index in [1.54, 1.807) is 7.11 Å². The summed E-state index contributed by atoms with van der Waals surface area (Å²) in [5.41, 5.74) is 3.02. The lowest BCUT2D eigenvalue weighted by molar-refractivity contribution is 0.415. The van der Waals surface area contributed by atoms with Gasteiger partial charge in [-0.15, -0.1) is 0 Å². The fourth-order valence-corrected chi connectivity index (χ4v) is 2.35. The number of pyridine rings is 1. The molecule has 3 nitrogen and oxygen atoms in total. The third-order valence-electron chi connectivity index (χ3n) is 2.80. The van der Waals surface area contributed by atoms with Crippen molar-refractivity contribution in [2.24, 2.45) is 0 Å². The molecular formula is C14H11IN2O. The van der Waals surface area contributed by atoms with E-state index in [1.165, 1.54) is 3.57 Å². The molecule has 0 aliphatic heterocycles. The summed E-state index contributed by atoms with van der Waals surface area (Å²) < 4.78 is 8.39. The number of aromatic nitrogens is 2. The highest BCUT2D eigenvalue weighted by molar-refractivity contribution is 14.1. The Morgan fingerprint density at radius 2 is 1.83 bits per heavy atom. The third kappa shape index (κ3) is 2.08. The van der Waals surface area contributed by atoms with Crippen molar-refractivity contribution in [1.29, 1.82) is 0 Å². The van der Waals surface area contributed by atoms with Crippen LogP contribution in [0.3, 0.4) is 0 Å². The van der Waals surface area contributed by atoms with E-state index in [-0.39, 0.29) is 0 Å². The molecule has 0 saturated carbocycles. The molecule has 90 valence electrons. The van der Waals surface area contributed by atoms with Gasteiger partial charge in [-0.3, -0.25) is 0 Å². The predicted molar refractivity (Wildman–Crippen MR) is 79.9 cm³/mol. The Morgan fingerprint density at radius 1 is 1.06 bits per heavy atom. The molecule has 0 atom stereocenters. The zero-order valence-corrected chi connectivity index (χ0v) is 12.0. The molecule has 3 aromatic rings. The highest BCUT2D eigenvalue weighted by Gasteiger charge is 2.04. The minimum absolute atomic E-state index is 0.858. The second kappa shape index (κ2) is 4.61. The molecule has 2 heterocycles. The fourth-order valence-electron chi connectivity index (χ4n) is 1.87. The van der Waals surface area contributed by atoms with Crippen LogP contribution in [-0.4, -0.2) is 16.5 Å². The maximum Gasteiger partial charge on any atom is 0.137 e. The van der Waals surface area contributed by atoms with Crippen LogP contribution in [-0.2, 0) is 0 Å². The maximum atomic E-state index is 5.15. The van der Waals surface area contributed by atoms with Gasteiger partial charge in [-0.05, 0) is 59.0 Å². The number of ether oxygens (including phenoxy) is 1. The van der Waals surface area contributed by atoms with E-state index in [2.05, 4.69) is 39.8 Å². The minimum atomic E-state index is 0.858. The van der Waals surface area contributed by atoms with Gasteiger partial charge in [0, 0.05) is 21.5 Å². The van der Waals surface area contributed by atoms with E-state index < -0.39 is 0 Å². The molecule has 0 unspecified atom stereocenters. The van der Waals surface area contributed by atoms with E-state index in [0.717, 1.165) is 22.7 Å². The summed E-state index contributed by atoms with van der Waals surface area (Å²) in [6.07, 6.45) is 4.11. The summed E-state index contributed by atoms with van der Waals surface area (Å²) >= 11 is 2.30. The Hall–Kier alpha value is -1.56. The van der Waals surface area contributed by atoms with Crippen molar-refractivity contribution in [3.05, 3.63) is 52.4 Å². The molecule has 2 aromatic heterocycles. The minimum Gasteiger partial charge on any atom is -0.497 e. The van der Waals surface area contributed by atoms with Crippen LogP contribution in [0.4, 0.5) is 0 Å². The summed E-state index contributed by atoms with van der Waals surface area (Å²) in [7, 11) is 1.67. The highest BCUT2D eigenvalue weighted by atomic mass is 127. The van der Waals surface area contributed by atoms with Crippen molar-refractivity contribution in [2.45, 2.75) is 0 Å². The molecule has 0 bridgehead atoms. The summed E-state index contributed by atoms with van der Waals surface area (Å²) in [6, 6.07) is 12.0. The van der Waals surface area contributed by atoms with Gasteiger partial charge in [0.2, 0.25) is 0 Å². The lowest BCUT2D eigenvalue weighted by atomic mass is 10.2. The van der Waals surface area contributed by atoms with Crippen LogP contribution in [0.25, 0.3) is 16.9 Å². The zero-order valence-electron chi connectivity index (χ0n) is 9.80. The van der Waals surface area contributed by atoms with E-state index >= 15 is 0 Å². The largest absolute Gasteiger partial charge is 0.497 e. The van der Waals surface area contributed by atoms with E-state index in [4.69, 9.17) is 4.74 Å². The zero-order chi connectivity index (χ0) is 12.5. The number of hydrogen-bond donors (Lipinski definition) is 0. The topological polar surface area (TPSA) is 26.5 Å². The van der Waals surface area contributed by atoms with Crippen LogP contribution < -0.4 is 4.74 Å². The fraction of sp³-hybridized carbons (Fsp3) is 0.0714. The SMILES string of the molecule is COc1ccc(-c2cn3cc(I)ccc3n2)cc1. The van der Waals surface area contributed by atoms with Crippen molar-refractivity contribution in [2.75, 3.05) is 7.11 Å². The molecule has 0 radical (unpaired) electrons. The van der Waals surface area contributed by atoms with Crippen molar-refractivity contribution < 1.29 is 4.74 Å². The Labute approximate surface area is 119 Å². The van der Waals surface area contributed by atoms with E-state index in [0.29, 0.717) is 0 Å². The molecule has 0 spiro atoms. The van der Waals surface area contributed by atoms with Gasteiger partial charge in [-0.2, -0.15) is 0 Å². The molecule has 4 heteroatoms. The number of nitrogens with zero attached hydrogens (tertiary/aromatic N) is 2. The van der Waals surface area contributed by atoms with Gasteiger partial charge in [0.1, 0.15) is 11.4 Å². The van der Waals surface area contributed by atoms with Crippen molar-refractivity contribution >= 4 is 28.2 Å². The Morgan fingerprint density at radius 3 is 2.56 bits per heavy atom. The second-order valence-corrected chi connectivity index (χ2v) is 5.21. The first kappa shape index (κ1) is 11.5. The normalized spacial score (nSPS) is 10.8. The third-order valence-corrected chi connectivity index (χ3v) is 3.44. The number of halogens is 1. The first-order valence-corrected chi connectivity index (χ1v) is 6.63. The maximum absolute atomic E-state index is 5.15. The second-order valence-electron chi connectivity index (χ2n) is 3.97. The Kier molecular flexibility index (Phi) is 2.95.